The molecule has 1 heterocycles. The van der Waals surface area contributed by atoms with Crippen LogP contribution in [0.4, 0.5) is 0 Å². The number of ether oxygens (including phenoxy) is 1. The highest BCUT2D eigenvalue weighted by Gasteiger charge is 2.23. The number of para-hydroxylation sites is 1. The summed E-state index contributed by atoms with van der Waals surface area (Å²) in [5.41, 5.74) is 1.88. The number of amides is 1. The molecule has 102 valence electrons. The van der Waals surface area contributed by atoms with E-state index in [4.69, 9.17) is 4.74 Å². The summed E-state index contributed by atoms with van der Waals surface area (Å²) >= 11 is 0. The highest BCUT2D eigenvalue weighted by Crippen LogP contribution is 2.27. The molecule has 2 aromatic carbocycles. The summed E-state index contributed by atoms with van der Waals surface area (Å²) in [5.74, 6) is 1.72. The van der Waals surface area contributed by atoms with Gasteiger partial charge in [0.1, 0.15) is 11.5 Å². The van der Waals surface area contributed by atoms with Crippen molar-refractivity contribution >= 4 is 5.91 Å². The van der Waals surface area contributed by atoms with Crippen molar-refractivity contribution in [1.29, 1.82) is 0 Å². The van der Waals surface area contributed by atoms with Crippen molar-refractivity contribution in [2.75, 3.05) is 13.1 Å². The quantitative estimate of drug-likeness (QED) is 0.852. The van der Waals surface area contributed by atoms with Crippen LogP contribution in [0.3, 0.4) is 0 Å². The zero-order valence-corrected chi connectivity index (χ0v) is 11.5. The topological polar surface area (TPSA) is 29.5 Å². The van der Waals surface area contributed by atoms with E-state index in [1.807, 2.05) is 60.4 Å². The van der Waals surface area contributed by atoms with Crippen molar-refractivity contribution in [2.24, 2.45) is 0 Å². The SMILES string of the molecule is CCN1CCc2cc(Oc3ccccc3)ccc2C1=O. The highest BCUT2D eigenvalue weighted by molar-refractivity contribution is 5.96. The van der Waals surface area contributed by atoms with Crippen LogP contribution in [0.1, 0.15) is 22.8 Å². The maximum Gasteiger partial charge on any atom is 0.254 e. The number of benzene rings is 2. The number of rotatable bonds is 3. The molecule has 1 amide bonds. The lowest BCUT2D eigenvalue weighted by atomic mass is 9.99. The predicted molar refractivity (Wildman–Crippen MR) is 78.2 cm³/mol. The smallest absolute Gasteiger partial charge is 0.254 e. The molecule has 20 heavy (non-hydrogen) atoms. The van der Waals surface area contributed by atoms with Gasteiger partial charge in [-0.25, -0.2) is 0 Å². The number of carbonyl (C=O) groups is 1. The number of fused-ring (bicyclic) bond motifs is 1. The fourth-order valence-electron chi connectivity index (χ4n) is 2.50. The predicted octanol–water partition coefficient (Wildman–Crippen LogP) is 3.50. The molecule has 1 aliphatic heterocycles. The second-order valence-electron chi connectivity index (χ2n) is 4.87. The van der Waals surface area contributed by atoms with Gasteiger partial charge >= 0.3 is 0 Å². The zero-order valence-electron chi connectivity index (χ0n) is 11.5. The standard InChI is InChI=1S/C17H17NO2/c1-2-18-11-10-13-12-15(8-9-16(13)17(18)19)20-14-6-4-3-5-7-14/h3-9,12H,2,10-11H2,1H3. The van der Waals surface area contributed by atoms with Gasteiger partial charge in [0.2, 0.25) is 0 Å². The minimum atomic E-state index is 0.125. The summed E-state index contributed by atoms with van der Waals surface area (Å²) in [4.78, 5) is 14.1. The molecule has 0 aromatic heterocycles. The van der Waals surface area contributed by atoms with E-state index in [-0.39, 0.29) is 5.91 Å². The lowest BCUT2D eigenvalue weighted by Gasteiger charge is -2.27. The van der Waals surface area contributed by atoms with Gasteiger partial charge in [0.15, 0.2) is 0 Å². The second-order valence-corrected chi connectivity index (χ2v) is 4.87. The van der Waals surface area contributed by atoms with Crippen molar-refractivity contribution < 1.29 is 9.53 Å². The average molecular weight is 267 g/mol. The minimum Gasteiger partial charge on any atom is -0.457 e. The fourth-order valence-corrected chi connectivity index (χ4v) is 2.50. The van der Waals surface area contributed by atoms with Crippen molar-refractivity contribution in [3.8, 4) is 11.5 Å². The number of nitrogens with zero attached hydrogens (tertiary/aromatic N) is 1. The van der Waals surface area contributed by atoms with E-state index in [1.54, 1.807) is 0 Å². The molecule has 1 aliphatic rings. The van der Waals surface area contributed by atoms with Gasteiger partial charge in [-0.3, -0.25) is 4.79 Å². The van der Waals surface area contributed by atoms with E-state index in [2.05, 4.69) is 0 Å². The maximum atomic E-state index is 12.2. The van der Waals surface area contributed by atoms with Crippen LogP contribution in [0.15, 0.2) is 48.5 Å². The summed E-state index contributed by atoms with van der Waals surface area (Å²) in [6, 6.07) is 15.4. The largest absolute Gasteiger partial charge is 0.457 e. The number of carbonyl (C=O) groups excluding carboxylic acids is 1. The first kappa shape index (κ1) is 12.7. The van der Waals surface area contributed by atoms with Crippen LogP contribution in [-0.2, 0) is 6.42 Å². The number of hydrogen-bond acceptors (Lipinski definition) is 2. The Morgan fingerprint density at radius 2 is 1.90 bits per heavy atom. The number of likely N-dealkylation sites (N-methyl/N-ethyl adjacent to an activating group) is 1. The lowest BCUT2D eigenvalue weighted by Crippen LogP contribution is -2.37. The summed E-state index contributed by atoms with van der Waals surface area (Å²) in [5, 5.41) is 0. The third kappa shape index (κ3) is 2.39. The molecule has 0 N–H and O–H groups in total. The third-order valence-corrected chi connectivity index (χ3v) is 3.61. The van der Waals surface area contributed by atoms with Gasteiger partial charge in [0.05, 0.1) is 0 Å². The Labute approximate surface area is 118 Å². The maximum absolute atomic E-state index is 12.2. The first-order valence-corrected chi connectivity index (χ1v) is 6.93. The monoisotopic (exact) mass is 267 g/mol. The Kier molecular flexibility index (Phi) is 3.42. The van der Waals surface area contributed by atoms with Gasteiger partial charge < -0.3 is 9.64 Å². The fraction of sp³-hybridized carbons (Fsp3) is 0.235. The van der Waals surface area contributed by atoms with Crippen LogP contribution in [0.25, 0.3) is 0 Å². The summed E-state index contributed by atoms with van der Waals surface area (Å²) in [6.07, 6.45) is 0.890. The average Bonchev–Trinajstić information content (AvgIpc) is 2.49. The van der Waals surface area contributed by atoms with Gasteiger partial charge in [-0.15, -0.1) is 0 Å². The first-order valence-electron chi connectivity index (χ1n) is 6.93. The van der Waals surface area contributed by atoms with Crippen molar-refractivity contribution in [3.63, 3.8) is 0 Å². The van der Waals surface area contributed by atoms with Crippen LogP contribution in [-0.4, -0.2) is 23.9 Å². The van der Waals surface area contributed by atoms with Crippen LogP contribution >= 0.6 is 0 Å². The molecular weight excluding hydrogens is 250 g/mol. The van der Waals surface area contributed by atoms with Crippen molar-refractivity contribution in [1.82, 2.24) is 4.90 Å². The molecule has 0 radical (unpaired) electrons. The molecule has 0 spiro atoms. The van der Waals surface area contributed by atoms with Gasteiger partial charge in [-0.1, -0.05) is 18.2 Å². The molecule has 3 heteroatoms. The molecule has 3 nitrogen and oxygen atoms in total. The molecule has 0 aliphatic carbocycles. The molecule has 0 saturated heterocycles. The summed E-state index contributed by atoms with van der Waals surface area (Å²) in [6.45, 7) is 3.56. The molecule has 3 rings (SSSR count). The van der Waals surface area contributed by atoms with Crippen molar-refractivity contribution in [3.05, 3.63) is 59.7 Å². The third-order valence-electron chi connectivity index (χ3n) is 3.61. The van der Waals surface area contributed by atoms with E-state index in [0.29, 0.717) is 0 Å². The molecule has 0 bridgehead atoms. The molecule has 0 fully saturated rings. The molecule has 2 aromatic rings. The summed E-state index contributed by atoms with van der Waals surface area (Å²) < 4.78 is 5.81. The first-order chi connectivity index (χ1) is 9.78. The Hall–Kier alpha value is -2.29. The Morgan fingerprint density at radius 1 is 1.10 bits per heavy atom. The zero-order chi connectivity index (χ0) is 13.9. The van der Waals surface area contributed by atoms with Crippen LogP contribution in [0, 0.1) is 0 Å². The Bertz CT molecular complexity index is 622. The van der Waals surface area contributed by atoms with Gasteiger partial charge in [-0.2, -0.15) is 0 Å². The van der Waals surface area contributed by atoms with Crippen LogP contribution in [0.5, 0.6) is 11.5 Å². The normalized spacial score (nSPS) is 14.1. The number of hydrogen-bond donors (Lipinski definition) is 0. The van der Waals surface area contributed by atoms with E-state index in [9.17, 15) is 4.79 Å². The molecule has 0 atom stereocenters. The van der Waals surface area contributed by atoms with Crippen molar-refractivity contribution in [2.45, 2.75) is 13.3 Å². The second kappa shape index (κ2) is 5.37. The van der Waals surface area contributed by atoms with Gasteiger partial charge in [0, 0.05) is 18.7 Å². The van der Waals surface area contributed by atoms with E-state index in [0.717, 1.165) is 42.1 Å². The minimum absolute atomic E-state index is 0.125. The van der Waals surface area contributed by atoms with E-state index < -0.39 is 0 Å². The summed E-state index contributed by atoms with van der Waals surface area (Å²) in [7, 11) is 0. The van der Waals surface area contributed by atoms with Gasteiger partial charge in [0.25, 0.3) is 5.91 Å². The Morgan fingerprint density at radius 3 is 2.65 bits per heavy atom. The molecular formula is C17H17NO2. The molecule has 0 saturated carbocycles. The van der Waals surface area contributed by atoms with Gasteiger partial charge in [-0.05, 0) is 49.2 Å². The Balaban J connectivity index is 1.85. The van der Waals surface area contributed by atoms with E-state index in [1.165, 1.54) is 0 Å². The van der Waals surface area contributed by atoms with E-state index >= 15 is 0 Å². The van der Waals surface area contributed by atoms with Crippen LogP contribution in [0.2, 0.25) is 0 Å². The molecule has 0 unspecified atom stereocenters. The van der Waals surface area contributed by atoms with Crippen LogP contribution < -0.4 is 4.74 Å². The highest BCUT2D eigenvalue weighted by atomic mass is 16.5. The lowest BCUT2D eigenvalue weighted by molar-refractivity contribution is 0.0749.